The molecule has 1 atom stereocenters. The van der Waals surface area contributed by atoms with Crippen molar-refractivity contribution in [2.75, 3.05) is 25.1 Å². The minimum Gasteiger partial charge on any atom is -0.381 e. The van der Waals surface area contributed by atoms with Crippen LogP contribution >= 0.6 is 0 Å². The van der Waals surface area contributed by atoms with Gasteiger partial charge in [0.15, 0.2) is 0 Å². The lowest BCUT2D eigenvalue weighted by atomic mass is 10.1. The van der Waals surface area contributed by atoms with E-state index < -0.39 is 0 Å². The molecule has 1 heterocycles. The Hall–Kier alpha value is -1.39. The maximum atomic E-state index is 11.1. The molecule has 1 fully saturated rings. The highest BCUT2D eigenvalue weighted by Crippen LogP contribution is 2.16. The van der Waals surface area contributed by atoms with Crippen molar-refractivity contribution >= 4 is 11.6 Å². The number of rotatable bonds is 6. The van der Waals surface area contributed by atoms with Gasteiger partial charge in [0, 0.05) is 32.4 Å². The second-order valence-corrected chi connectivity index (χ2v) is 5.03. The minimum absolute atomic E-state index is 0.0319. The lowest BCUT2D eigenvalue weighted by Crippen LogP contribution is -2.19. The lowest BCUT2D eigenvalue weighted by molar-refractivity contribution is -0.114. The van der Waals surface area contributed by atoms with E-state index in [2.05, 4.69) is 10.6 Å². The van der Waals surface area contributed by atoms with Gasteiger partial charge in [0.2, 0.25) is 5.91 Å². The molecule has 2 N–H and O–H groups in total. The average Bonchev–Trinajstić information content (AvgIpc) is 2.89. The summed E-state index contributed by atoms with van der Waals surface area (Å²) in [5.41, 5.74) is 2.02. The van der Waals surface area contributed by atoms with Crippen molar-refractivity contribution in [2.24, 2.45) is 5.92 Å². The van der Waals surface area contributed by atoms with Gasteiger partial charge in [-0.1, -0.05) is 18.2 Å². The zero-order valence-electron chi connectivity index (χ0n) is 11.4. The molecule has 1 aliphatic rings. The molecule has 1 aromatic rings. The molecule has 0 spiro atoms. The Labute approximate surface area is 114 Å². The monoisotopic (exact) mass is 262 g/mol. The van der Waals surface area contributed by atoms with Gasteiger partial charge in [-0.15, -0.1) is 0 Å². The van der Waals surface area contributed by atoms with Gasteiger partial charge in [-0.3, -0.25) is 4.79 Å². The van der Waals surface area contributed by atoms with E-state index >= 15 is 0 Å². The van der Waals surface area contributed by atoms with Crippen LogP contribution in [0.2, 0.25) is 0 Å². The number of benzene rings is 1. The van der Waals surface area contributed by atoms with E-state index in [1.165, 1.54) is 13.3 Å². The summed E-state index contributed by atoms with van der Waals surface area (Å²) in [6, 6.07) is 7.90. The van der Waals surface area contributed by atoms with Crippen molar-refractivity contribution in [3.63, 3.8) is 0 Å². The summed E-state index contributed by atoms with van der Waals surface area (Å²) < 4.78 is 5.36. The highest BCUT2D eigenvalue weighted by Gasteiger charge is 2.14. The van der Waals surface area contributed by atoms with E-state index in [9.17, 15) is 4.79 Å². The molecule has 19 heavy (non-hydrogen) atoms. The fourth-order valence-corrected chi connectivity index (χ4v) is 2.33. The van der Waals surface area contributed by atoms with Crippen molar-refractivity contribution < 1.29 is 9.53 Å². The maximum Gasteiger partial charge on any atom is 0.221 e. The molecule has 0 aromatic heterocycles. The summed E-state index contributed by atoms with van der Waals surface area (Å²) in [7, 11) is 0. The van der Waals surface area contributed by atoms with Crippen LogP contribution in [0.5, 0.6) is 0 Å². The second kappa shape index (κ2) is 7.26. The molecule has 104 valence electrons. The van der Waals surface area contributed by atoms with Crippen molar-refractivity contribution in [3.05, 3.63) is 29.8 Å². The zero-order chi connectivity index (χ0) is 13.5. The Balaban J connectivity index is 1.76. The van der Waals surface area contributed by atoms with E-state index in [1.807, 2.05) is 24.3 Å². The number of anilines is 1. The minimum atomic E-state index is -0.0319. The summed E-state index contributed by atoms with van der Waals surface area (Å²) in [6.45, 7) is 5.12. The van der Waals surface area contributed by atoms with Crippen molar-refractivity contribution in [1.82, 2.24) is 5.32 Å². The number of amides is 1. The number of nitrogens with one attached hydrogen (secondary N) is 2. The first-order valence-electron chi connectivity index (χ1n) is 6.89. The molecule has 1 saturated heterocycles. The normalized spacial score (nSPS) is 18.5. The van der Waals surface area contributed by atoms with Crippen LogP contribution in [0, 0.1) is 5.92 Å². The molecule has 1 unspecified atom stereocenters. The van der Waals surface area contributed by atoms with E-state index in [-0.39, 0.29) is 5.91 Å². The Morgan fingerprint density at radius 3 is 3.00 bits per heavy atom. The predicted octanol–water partition coefficient (Wildman–Crippen LogP) is 2.16. The highest BCUT2D eigenvalue weighted by molar-refractivity contribution is 5.89. The molecule has 0 aliphatic carbocycles. The Bertz CT molecular complexity index is 414. The summed E-state index contributed by atoms with van der Waals surface area (Å²) in [6.07, 6.45) is 2.34. The third-order valence-electron chi connectivity index (χ3n) is 3.40. The number of hydrogen-bond donors (Lipinski definition) is 2. The van der Waals surface area contributed by atoms with Gasteiger partial charge in [0.1, 0.15) is 0 Å². The number of carbonyl (C=O) groups excluding carboxylic acids is 1. The van der Waals surface area contributed by atoms with Crippen LogP contribution in [0.15, 0.2) is 24.3 Å². The number of para-hydroxylation sites is 1. The largest absolute Gasteiger partial charge is 0.381 e. The van der Waals surface area contributed by atoms with E-state index in [0.717, 1.165) is 44.0 Å². The first-order valence-corrected chi connectivity index (χ1v) is 6.89. The molecule has 0 radical (unpaired) electrons. The summed E-state index contributed by atoms with van der Waals surface area (Å²) >= 11 is 0. The molecule has 1 amide bonds. The third-order valence-corrected chi connectivity index (χ3v) is 3.40. The molecular formula is C15H22N2O2. The average molecular weight is 262 g/mol. The van der Waals surface area contributed by atoms with Gasteiger partial charge in [-0.25, -0.2) is 0 Å². The van der Waals surface area contributed by atoms with Gasteiger partial charge in [-0.2, -0.15) is 0 Å². The quantitative estimate of drug-likeness (QED) is 0.772. The Morgan fingerprint density at radius 2 is 2.26 bits per heavy atom. The molecule has 2 rings (SSSR count). The van der Waals surface area contributed by atoms with Gasteiger partial charge >= 0.3 is 0 Å². The van der Waals surface area contributed by atoms with Gasteiger partial charge in [0.05, 0.1) is 0 Å². The topological polar surface area (TPSA) is 50.4 Å². The summed E-state index contributed by atoms with van der Waals surface area (Å²) in [5, 5.41) is 6.29. The van der Waals surface area contributed by atoms with Crippen LogP contribution in [0.4, 0.5) is 5.69 Å². The van der Waals surface area contributed by atoms with E-state index in [1.54, 1.807) is 0 Å². The van der Waals surface area contributed by atoms with Gasteiger partial charge < -0.3 is 15.4 Å². The molecular weight excluding hydrogens is 240 g/mol. The molecule has 1 aliphatic heterocycles. The SMILES string of the molecule is CC(=O)Nc1ccccc1CNCCC1CCOC1. The molecule has 1 aromatic carbocycles. The number of ether oxygens (including phenoxy) is 1. The molecule has 4 heteroatoms. The third kappa shape index (κ3) is 4.65. The predicted molar refractivity (Wildman–Crippen MR) is 76.0 cm³/mol. The van der Waals surface area contributed by atoms with E-state index in [4.69, 9.17) is 4.74 Å². The van der Waals surface area contributed by atoms with Gasteiger partial charge in [-0.05, 0) is 36.9 Å². The van der Waals surface area contributed by atoms with Gasteiger partial charge in [0.25, 0.3) is 0 Å². The van der Waals surface area contributed by atoms with Crippen molar-refractivity contribution in [2.45, 2.75) is 26.3 Å². The molecule has 0 saturated carbocycles. The van der Waals surface area contributed by atoms with Crippen LogP contribution in [0.25, 0.3) is 0 Å². The second-order valence-electron chi connectivity index (χ2n) is 5.03. The number of carbonyl (C=O) groups is 1. The summed E-state index contributed by atoms with van der Waals surface area (Å²) in [4.78, 5) is 11.1. The zero-order valence-corrected chi connectivity index (χ0v) is 11.4. The molecule has 0 bridgehead atoms. The highest BCUT2D eigenvalue weighted by atomic mass is 16.5. The first kappa shape index (κ1) is 14.0. The van der Waals surface area contributed by atoms with Crippen molar-refractivity contribution in [3.8, 4) is 0 Å². The van der Waals surface area contributed by atoms with Crippen LogP contribution in [-0.4, -0.2) is 25.7 Å². The van der Waals surface area contributed by atoms with Crippen LogP contribution < -0.4 is 10.6 Å². The smallest absolute Gasteiger partial charge is 0.221 e. The standard InChI is InChI=1S/C15H22N2O2/c1-12(18)17-15-5-3-2-4-14(15)10-16-8-6-13-7-9-19-11-13/h2-5,13,16H,6-11H2,1H3,(H,17,18). The first-order chi connectivity index (χ1) is 9.25. The number of hydrogen-bond acceptors (Lipinski definition) is 3. The van der Waals surface area contributed by atoms with Crippen LogP contribution in [0.3, 0.4) is 0 Å². The Kier molecular flexibility index (Phi) is 5.36. The summed E-state index contributed by atoms with van der Waals surface area (Å²) in [5.74, 6) is 0.675. The van der Waals surface area contributed by atoms with Crippen LogP contribution in [-0.2, 0) is 16.1 Å². The maximum absolute atomic E-state index is 11.1. The Morgan fingerprint density at radius 1 is 1.42 bits per heavy atom. The fraction of sp³-hybridized carbons (Fsp3) is 0.533. The lowest BCUT2D eigenvalue weighted by Gasteiger charge is -2.12. The van der Waals surface area contributed by atoms with Crippen LogP contribution in [0.1, 0.15) is 25.3 Å². The van der Waals surface area contributed by atoms with Crippen molar-refractivity contribution in [1.29, 1.82) is 0 Å². The molecule has 4 nitrogen and oxygen atoms in total. The van der Waals surface area contributed by atoms with E-state index in [0.29, 0.717) is 5.92 Å². The fourth-order valence-electron chi connectivity index (χ4n) is 2.33.